The summed E-state index contributed by atoms with van der Waals surface area (Å²) in [4.78, 5) is 24.1. The van der Waals surface area contributed by atoms with E-state index in [0.717, 1.165) is 25.8 Å². The molecule has 1 aromatic heterocycles. The average molecular weight is 365 g/mol. The van der Waals surface area contributed by atoms with Crippen molar-refractivity contribution in [1.29, 1.82) is 0 Å². The highest BCUT2D eigenvalue weighted by molar-refractivity contribution is 7.07. The number of rotatable bonds is 9. The molecule has 1 aliphatic carbocycles. The lowest BCUT2D eigenvalue weighted by molar-refractivity contribution is 0.0716. The van der Waals surface area contributed by atoms with Crippen LogP contribution in [0, 0.1) is 0 Å². The van der Waals surface area contributed by atoms with Gasteiger partial charge in [-0.25, -0.2) is 4.98 Å². The van der Waals surface area contributed by atoms with Crippen molar-refractivity contribution in [3.8, 4) is 0 Å². The fourth-order valence-corrected chi connectivity index (χ4v) is 4.31. The number of nitrogens with zero attached hydrogens (tertiary/aromatic N) is 4. The number of hydrogen-bond donors (Lipinski definition) is 0. The molecule has 0 radical (unpaired) electrons. The lowest BCUT2D eigenvalue weighted by Crippen LogP contribution is -2.49. The van der Waals surface area contributed by atoms with Crippen molar-refractivity contribution in [1.82, 2.24) is 19.7 Å². The highest BCUT2D eigenvalue weighted by Gasteiger charge is 2.33. The molecule has 140 valence electrons. The second-order valence-electron chi connectivity index (χ2n) is 7.47. The van der Waals surface area contributed by atoms with E-state index in [0.29, 0.717) is 17.8 Å². The summed E-state index contributed by atoms with van der Waals surface area (Å²) in [7, 11) is 0. The molecular weight excluding hydrogens is 332 g/mol. The first-order valence-electron chi connectivity index (χ1n) is 9.84. The van der Waals surface area contributed by atoms with Gasteiger partial charge in [-0.1, -0.05) is 6.92 Å². The molecule has 0 unspecified atom stereocenters. The standard InChI is InChI=1S/C19H32N4OS/c1-3-8-21-10-12-22(13-11-21)16(2)5-4-9-23(17-6-7-17)19(24)18-14-25-15-20-18/h14-17H,3-13H2,1-2H3/t16-/m0/s1. The van der Waals surface area contributed by atoms with Crippen LogP contribution in [0.1, 0.15) is 56.4 Å². The van der Waals surface area contributed by atoms with Crippen LogP contribution >= 0.6 is 11.3 Å². The van der Waals surface area contributed by atoms with Crippen LogP contribution in [0.25, 0.3) is 0 Å². The van der Waals surface area contributed by atoms with Gasteiger partial charge in [-0.2, -0.15) is 0 Å². The van der Waals surface area contributed by atoms with Crippen LogP contribution in [0.5, 0.6) is 0 Å². The summed E-state index contributed by atoms with van der Waals surface area (Å²) in [6.45, 7) is 11.5. The van der Waals surface area contributed by atoms with Gasteiger partial charge in [0.05, 0.1) is 5.51 Å². The van der Waals surface area contributed by atoms with Crippen LogP contribution in [0.2, 0.25) is 0 Å². The SMILES string of the molecule is CCCN1CCN([C@@H](C)CCCN(C(=O)c2cscn2)C2CC2)CC1. The summed E-state index contributed by atoms with van der Waals surface area (Å²) in [6, 6.07) is 1.07. The topological polar surface area (TPSA) is 39.7 Å². The minimum absolute atomic E-state index is 0.129. The Bertz CT molecular complexity index is 524. The summed E-state index contributed by atoms with van der Waals surface area (Å²) >= 11 is 1.50. The fourth-order valence-electron chi connectivity index (χ4n) is 3.78. The first-order valence-corrected chi connectivity index (χ1v) is 10.8. The molecule has 0 aromatic carbocycles. The van der Waals surface area contributed by atoms with Gasteiger partial charge in [0.25, 0.3) is 5.91 Å². The average Bonchev–Trinajstić information content (AvgIpc) is 3.31. The zero-order valence-electron chi connectivity index (χ0n) is 15.7. The molecule has 1 saturated carbocycles. The largest absolute Gasteiger partial charge is 0.334 e. The highest BCUT2D eigenvalue weighted by Crippen LogP contribution is 2.28. The molecule has 25 heavy (non-hydrogen) atoms. The van der Waals surface area contributed by atoms with Gasteiger partial charge in [0.2, 0.25) is 0 Å². The fraction of sp³-hybridized carbons (Fsp3) is 0.789. The van der Waals surface area contributed by atoms with Gasteiger partial charge >= 0.3 is 0 Å². The molecule has 2 aliphatic rings. The summed E-state index contributed by atoms with van der Waals surface area (Å²) in [5.74, 6) is 0.129. The van der Waals surface area contributed by atoms with Gasteiger partial charge in [-0.15, -0.1) is 11.3 Å². The Labute approximate surface area is 156 Å². The van der Waals surface area contributed by atoms with Gasteiger partial charge in [-0.05, 0) is 45.6 Å². The van der Waals surface area contributed by atoms with Crippen LogP contribution in [0.4, 0.5) is 0 Å². The molecule has 3 rings (SSSR count). The number of thiazole rings is 1. The van der Waals surface area contributed by atoms with Gasteiger partial charge in [0.1, 0.15) is 5.69 Å². The number of carbonyl (C=O) groups is 1. The molecule has 1 saturated heterocycles. The molecule has 0 N–H and O–H groups in total. The minimum Gasteiger partial charge on any atom is -0.334 e. The summed E-state index contributed by atoms with van der Waals surface area (Å²) in [6.07, 6.45) is 5.82. The Morgan fingerprint density at radius 2 is 2.12 bits per heavy atom. The normalized spacial score (nSPS) is 20.6. The Kier molecular flexibility index (Phi) is 6.84. The zero-order valence-corrected chi connectivity index (χ0v) is 16.5. The van der Waals surface area contributed by atoms with Gasteiger partial charge < -0.3 is 9.80 Å². The number of hydrogen-bond acceptors (Lipinski definition) is 5. The Morgan fingerprint density at radius 1 is 1.36 bits per heavy atom. The molecule has 2 fully saturated rings. The van der Waals surface area contributed by atoms with E-state index in [9.17, 15) is 4.79 Å². The zero-order chi connectivity index (χ0) is 17.6. The molecule has 5 nitrogen and oxygen atoms in total. The summed E-state index contributed by atoms with van der Waals surface area (Å²) in [5, 5.41) is 1.87. The molecule has 2 heterocycles. The minimum atomic E-state index is 0.129. The summed E-state index contributed by atoms with van der Waals surface area (Å²) < 4.78 is 0. The molecule has 6 heteroatoms. The smallest absolute Gasteiger partial charge is 0.273 e. The second-order valence-corrected chi connectivity index (χ2v) is 8.19. The number of aromatic nitrogens is 1. The first kappa shape index (κ1) is 18.8. The van der Waals surface area contributed by atoms with E-state index in [1.165, 1.54) is 56.9 Å². The molecule has 0 spiro atoms. The molecular formula is C19H32N4OS. The number of amides is 1. The monoisotopic (exact) mass is 364 g/mol. The van der Waals surface area contributed by atoms with Gasteiger partial charge in [0, 0.05) is 50.2 Å². The molecule has 1 aromatic rings. The third kappa shape index (κ3) is 5.25. The van der Waals surface area contributed by atoms with Gasteiger partial charge in [0.15, 0.2) is 0 Å². The van der Waals surface area contributed by atoms with Crippen molar-refractivity contribution < 1.29 is 4.79 Å². The lowest BCUT2D eigenvalue weighted by Gasteiger charge is -2.38. The van der Waals surface area contributed by atoms with E-state index in [1.54, 1.807) is 5.51 Å². The molecule has 1 atom stereocenters. The second kappa shape index (κ2) is 9.10. The highest BCUT2D eigenvalue weighted by atomic mass is 32.1. The van der Waals surface area contributed by atoms with Crippen LogP contribution < -0.4 is 0 Å². The van der Waals surface area contributed by atoms with Crippen molar-refractivity contribution >= 4 is 17.2 Å². The van der Waals surface area contributed by atoms with E-state index >= 15 is 0 Å². The van der Waals surface area contributed by atoms with Crippen molar-refractivity contribution in [2.75, 3.05) is 39.3 Å². The van der Waals surface area contributed by atoms with E-state index in [1.807, 2.05) is 5.38 Å². The summed E-state index contributed by atoms with van der Waals surface area (Å²) in [5.41, 5.74) is 2.37. The predicted octanol–water partition coefficient (Wildman–Crippen LogP) is 2.94. The van der Waals surface area contributed by atoms with Crippen molar-refractivity contribution in [2.45, 2.75) is 58.0 Å². The maximum Gasteiger partial charge on any atom is 0.273 e. The van der Waals surface area contributed by atoms with Crippen LogP contribution in [0.3, 0.4) is 0 Å². The van der Waals surface area contributed by atoms with Crippen molar-refractivity contribution in [2.24, 2.45) is 0 Å². The van der Waals surface area contributed by atoms with Crippen molar-refractivity contribution in [3.05, 3.63) is 16.6 Å². The number of piperazine rings is 1. The predicted molar refractivity (Wildman–Crippen MR) is 103 cm³/mol. The lowest BCUT2D eigenvalue weighted by atomic mass is 10.1. The molecule has 1 amide bonds. The Hall–Kier alpha value is -0.980. The third-order valence-corrected chi connectivity index (χ3v) is 6.08. The van der Waals surface area contributed by atoms with E-state index in [4.69, 9.17) is 0 Å². The Morgan fingerprint density at radius 3 is 2.72 bits per heavy atom. The van der Waals surface area contributed by atoms with Gasteiger partial charge in [-0.3, -0.25) is 9.69 Å². The first-order chi connectivity index (χ1) is 12.2. The molecule has 0 bridgehead atoms. The van der Waals surface area contributed by atoms with Crippen molar-refractivity contribution in [3.63, 3.8) is 0 Å². The van der Waals surface area contributed by atoms with Crippen LogP contribution in [-0.4, -0.2) is 76.9 Å². The maximum absolute atomic E-state index is 12.6. The van der Waals surface area contributed by atoms with E-state index in [2.05, 4.69) is 33.5 Å². The van der Waals surface area contributed by atoms with E-state index in [-0.39, 0.29) is 5.91 Å². The maximum atomic E-state index is 12.6. The third-order valence-electron chi connectivity index (χ3n) is 5.49. The van der Waals surface area contributed by atoms with E-state index < -0.39 is 0 Å². The van der Waals surface area contributed by atoms with Crippen LogP contribution in [-0.2, 0) is 0 Å². The quantitative estimate of drug-likeness (QED) is 0.675. The van der Waals surface area contributed by atoms with Crippen LogP contribution in [0.15, 0.2) is 10.9 Å². The Balaban J connectivity index is 1.41. The molecule has 1 aliphatic heterocycles. The number of carbonyl (C=O) groups excluding carboxylic acids is 1.